The van der Waals surface area contributed by atoms with Crippen molar-refractivity contribution in [2.24, 2.45) is 5.92 Å². The highest BCUT2D eigenvalue weighted by molar-refractivity contribution is 6.31. The maximum absolute atomic E-state index is 13.5. The largest absolute Gasteiger partial charge is 0.495 e. The van der Waals surface area contributed by atoms with E-state index in [2.05, 4.69) is 16.0 Å². The number of carbonyl (C=O) groups excluding carboxylic acids is 2. The number of anilines is 2. The van der Waals surface area contributed by atoms with Crippen LogP contribution in [0.1, 0.15) is 24.5 Å². The van der Waals surface area contributed by atoms with Gasteiger partial charge >= 0.3 is 0 Å². The molecular formula is C22H24ClN3O4. The van der Waals surface area contributed by atoms with Crippen LogP contribution < -0.4 is 20.7 Å². The lowest BCUT2D eigenvalue weighted by Gasteiger charge is -2.29. The second-order valence-electron chi connectivity index (χ2n) is 7.87. The SMILES string of the molecule is COc1ccc(Cl)cc1NC(=O)[C@@H]1C[C@H]([C@H](C)O)N[C@@]12C(=O)Nc1c(C)cccc12. The van der Waals surface area contributed by atoms with Gasteiger partial charge in [0.25, 0.3) is 0 Å². The average molecular weight is 430 g/mol. The van der Waals surface area contributed by atoms with E-state index in [0.717, 1.165) is 5.56 Å². The molecule has 4 N–H and O–H groups in total. The van der Waals surface area contributed by atoms with Crippen molar-refractivity contribution in [1.82, 2.24) is 5.32 Å². The molecule has 0 aliphatic carbocycles. The summed E-state index contributed by atoms with van der Waals surface area (Å²) in [5, 5.41) is 19.8. The van der Waals surface area contributed by atoms with Crippen molar-refractivity contribution in [2.45, 2.75) is 38.0 Å². The highest BCUT2D eigenvalue weighted by Gasteiger charge is 2.60. The lowest BCUT2D eigenvalue weighted by molar-refractivity contribution is -0.130. The summed E-state index contributed by atoms with van der Waals surface area (Å²) in [6.45, 7) is 3.56. The molecule has 0 saturated carbocycles. The van der Waals surface area contributed by atoms with Crippen LogP contribution in [0.15, 0.2) is 36.4 Å². The molecule has 7 nitrogen and oxygen atoms in total. The first-order chi connectivity index (χ1) is 14.3. The number of fused-ring (bicyclic) bond motifs is 2. The number of aliphatic hydroxyl groups excluding tert-OH is 1. The van der Waals surface area contributed by atoms with Crippen LogP contribution in [0.4, 0.5) is 11.4 Å². The number of halogens is 1. The van der Waals surface area contributed by atoms with Gasteiger partial charge in [-0.25, -0.2) is 0 Å². The van der Waals surface area contributed by atoms with E-state index in [9.17, 15) is 14.7 Å². The van der Waals surface area contributed by atoms with Crippen LogP contribution in [0, 0.1) is 12.8 Å². The minimum Gasteiger partial charge on any atom is -0.495 e. The zero-order valence-electron chi connectivity index (χ0n) is 17.0. The van der Waals surface area contributed by atoms with Gasteiger partial charge in [-0.1, -0.05) is 29.8 Å². The van der Waals surface area contributed by atoms with Crippen LogP contribution in [0.25, 0.3) is 0 Å². The van der Waals surface area contributed by atoms with E-state index in [1.165, 1.54) is 7.11 Å². The Morgan fingerprint density at radius 1 is 1.37 bits per heavy atom. The van der Waals surface area contributed by atoms with Crippen molar-refractivity contribution >= 4 is 34.8 Å². The summed E-state index contributed by atoms with van der Waals surface area (Å²) in [5.74, 6) is -0.931. The van der Waals surface area contributed by atoms with Crippen molar-refractivity contribution in [3.05, 3.63) is 52.5 Å². The van der Waals surface area contributed by atoms with Gasteiger partial charge in [-0.05, 0) is 44.0 Å². The Morgan fingerprint density at radius 3 is 2.83 bits per heavy atom. The van der Waals surface area contributed by atoms with Crippen LogP contribution in [0.2, 0.25) is 5.02 Å². The number of rotatable bonds is 4. The van der Waals surface area contributed by atoms with Crippen LogP contribution in [-0.4, -0.2) is 36.2 Å². The van der Waals surface area contributed by atoms with Crippen LogP contribution >= 0.6 is 11.6 Å². The number of aliphatic hydroxyl groups is 1. The van der Waals surface area contributed by atoms with Gasteiger partial charge in [-0.3, -0.25) is 14.9 Å². The molecule has 158 valence electrons. The molecule has 1 spiro atoms. The Morgan fingerprint density at radius 2 is 2.13 bits per heavy atom. The quantitative estimate of drug-likeness (QED) is 0.599. The number of methoxy groups -OCH3 is 1. The summed E-state index contributed by atoms with van der Waals surface area (Å²) in [5.41, 5.74) is 1.50. The molecule has 2 aromatic rings. The molecule has 4 rings (SSSR count). The number of benzene rings is 2. The van der Waals surface area contributed by atoms with E-state index in [1.807, 2.05) is 25.1 Å². The summed E-state index contributed by atoms with van der Waals surface area (Å²) in [6, 6.07) is 10.1. The maximum Gasteiger partial charge on any atom is 0.250 e. The minimum absolute atomic E-state index is 0.298. The van der Waals surface area contributed by atoms with Gasteiger partial charge in [0.15, 0.2) is 0 Å². The molecule has 2 aromatic carbocycles. The third-order valence-electron chi connectivity index (χ3n) is 6.04. The second kappa shape index (κ2) is 7.58. The van der Waals surface area contributed by atoms with Crippen molar-refractivity contribution in [3.8, 4) is 5.75 Å². The van der Waals surface area contributed by atoms with E-state index in [0.29, 0.717) is 34.1 Å². The monoisotopic (exact) mass is 429 g/mol. The first-order valence-corrected chi connectivity index (χ1v) is 10.2. The van der Waals surface area contributed by atoms with Crippen molar-refractivity contribution in [3.63, 3.8) is 0 Å². The Bertz CT molecular complexity index is 1030. The first kappa shape index (κ1) is 20.7. The molecule has 0 radical (unpaired) electrons. The number of hydrogen-bond acceptors (Lipinski definition) is 5. The van der Waals surface area contributed by atoms with Gasteiger partial charge in [0, 0.05) is 22.3 Å². The molecule has 2 heterocycles. The average Bonchev–Trinajstić information content (AvgIpc) is 3.24. The third-order valence-corrected chi connectivity index (χ3v) is 6.27. The Hall–Kier alpha value is -2.61. The lowest BCUT2D eigenvalue weighted by Crippen LogP contribution is -2.53. The number of nitrogens with one attached hydrogen (secondary N) is 3. The molecule has 8 heteroatoms. The number of carbonyl (C=O) groups is 2. The molecule has 1 fully saturated rings. The normalized spacial score (nSPS) is 25.7. The molecule has 0 aromatic heterocycles. The molecule has 30 heavy (non-hydrogen) atoms. The van der Waals surface area contributed by atoms with E-state index in [1.54, 1.807) is 25.1 Å². The number of amides is 2. The molecular weight excluding hydrogens is 406 g/mol. The zero-order chi connectivity index (χ0) is 21.6. The van der Waals surface area contributed by atoms with Gasteiger partial charge < -0.3 is 20.5 Å². The Kier molecular flexibility index (Phi) is 5.22. The predicted octanol–water partition coefficient (Wildman–Crippen LogP) is 2.80. The molecule has 2 aliphatic rings. The van der Waals surface area contributed by atoms with Crippen LogP contribution in [-0.2, 0) is 15.1 Å². The van der Waals surface area contributed by atoms with Crippen molar-refractivity contribution in [2.75, 3.05) is 17.7 Å². The molecule has 2 amide bonds. The topological polar surface area (TPSA) is 99.7 Å². The zero-order valence-corrected chi connectivity index (χ0v) is 17.7. The van der Waals surface area contributed by atoms with E-state index < -0.39 is 23.6 Å². The molecule has 1 saturated heterocycles. The summed E-state index contributed by atoms with van der Waals surface area (Å²) in [6.07, 6.45) is -0.435. The molecule has 2 aliphatic heterocycles. The number of ether oxygens (including phenoxy) is 1. The fraction of sp³-hybridized carbons (Fsp3) is 0.364. The van der Waals surface area contributed by atoms with E-state index >= 15 is 0 Å². The fourth-order valence-corrected chi connectivity index (χ4v) is 4.66. The van der Waals surface area contributed by atoms with Crippen molar-refractivity contribution in [1.29, 1.82) is 0 Å². The highest BCUT2D eigenvalue weighted by atomic mass is 35.5. The van der Waals surface area contributed by atoms with Crippen LogP contribution in [0.5, 0.6) is 5.75 Å². The summed E-state index contributed by atoms with van der Waals surface area (Å²) < 4.78 is 5.33. The third kappa shape index (κ3) is 3.14. The molecule has 0 bridgehead atoms. The molecule has 4 atom stereocenters. The summed E-state index contributed by atoms with van der Waals surface area (Å²) in [4.78, 5) is 26.7. The van der Waals surface area contributed by atoms with Crippen LogP contribution in [0.3, 0.4) is 0 Å². The Labute approximate surface area is 179 Å². The number of para-hydroxylation sites is 1. The molecule has 0 unspecified atom stereocenters. The summed E-state index contributed by atoms with van der Waals surface area (Å²) >= 11 is 6.09. The number of aryl methyl sites for hydroxylation is 1. The maximum atomic E-state index is 13.5. The van der Waals surface area contributed by atoms with Crippen molar-refractivity contribution < 1.29 is 19.4 Å². The predicted molar refractivity (Wildman–Crippen MR) is 115 cm³/mol. The second-order valence-corrected chi connectivity index (χ2v) is 8.31. The minimum atomic E-state index is -1.26. The van der Waals surface area contributed by atoms with Gasteiger partial charge in [0.2, 0.25) is 11.8 Å². The lowest BCUT2D eigenvalue weighted by atomic mass is 9.79. The van der Waals surface area contributed by atoms with Gasteiger partial charge in [-0.2, -0.15) is 0 Å². The Balaban J connectivity index is 1.76. The van der Waals surface area contributed by atoms with Gasteiger partial charge in [-0.15, -0.1) is 0 Å². The highest BCUT2D eigenvalue weighted by Crippen LogP contribution is 2.48. The summed E-state index contributed by atoms with van der Waals surface area (Å²) in [7, 11) is 1.50. The number of hydrogen-bond donors (Lipinski definition) is 4. The fourth-order valence-electron chi connectivity index (χ4n) is 4.49. The smallest absolute Gasteiger partial charge is 0.250 e. The van der Waals surface area contributed by atoms with E-state index in [4.69, 9.17) is 16.3 Å². The van der Waals surface area contributed by atoms with Gasteiger partial charge in [0.1, 0.15) is 11.3 Å². The van der Waals surface area contributed by atoms with Gasteiger partial charge in [0.05, 0.1) is 24.8 Å². The standard InChI is InChI=1S/C22H24ClN3O4/c1-11-5-4-6-14-19(11)25-21(29)22(14)15(10-16(26-22)12(2)27)20(28)24-17-9-13(23)7-8-18(17)30-3/h4-9,12,15-16,26-27H,10H2,1-3H3,(H,24,28)(H,25,29)/t12-,15-,16+,22+/m0/s1. The first-order valence-electron chi connectivity index (χ1n) is 9.79. The van der Waals surface area contributed by atoms with E-state index in [-0.39, 0.29) is 11.8 Å².